The lowest BCUT2D eigenvalue weighted by atomic mass is 10.2. The summed E-state index contributed by atoms with van der Waals surface area (Å²) in [4.78, 5) is 8.24. The van der Waals surface area contributed by atoms with E-state index in [1.54, 1.807) is 12.1 Å². The van der Waals surface area contributed by atoms with Gasteiger partial charge in [0.2, 0.25) is 0 Å². The molecule has 4 nitrogen and oxygen atoms in total. The molecular weight excluding hydrogens is 251 g/mol. The van der Waals surface area contributed by atoms with E-state index in [0.717, 1.165) is 0 Å². The zero-order chi connectivity index (χ0) is 11.1. The lowest BCUT2D eigenvalue weighted by Gasteiger charge is -2.18. The van der Waals surface area contributed by atoms with E-state index < -0.39 is 0 Å². The first-order valence-electron chi connectivity index (χ1n) is 4.66. The predicted octanol–water partition coefficient (Wildman–Crippen LogP) is 2.71. The van der Waals surface area contributed by atoms with Crippen molar-refractivity contribution in [3.63, 3.8) is 0 Å². The largest absolute Gasteiger partial charge is 0.486 e. The number of aromatic nitrogens is 2. The molecule has 0 saturated heterocycles. The van der Waals surface area contributed by atoms with Crippen LogP contribution in [0.2, 0.25) is 10.3 Å². The summed E-state index contributed by atoms with van der Waals surface area (Å²) in [6.07, 6.45) is 0. The molecule has 2 aromatic rings. The van der Waals surface area contributed by atoms with Crippen molar-refractivity contribution in [2.24, 2.45) is 0 Å². The molecule has 0 fully saturated rings. The number of rotatable bonds is 0. The number of ether oxygens (including phenoxy) is 2. The van der Waals surface area contributed by atoms with Crippen molar-refractivity contribution >= 4 is 34.2 Å². The molecule has 0 bridgehead atoms. The molecule has 0 radical (unpaired) electrons. The molecule has 0 aliphatic carbocycles. The van der Waals surface area contributed by atoms with Gasteiger partial charge in [0, 0.05) is 12.1 Å². The van der Waals surface area contributed by atoms with Crippen molar-refractivity contribution in [1.29, 1.82) is 0 Å². The maximum absolute atomic E-state index is 5.79. The Morgan fingerprint density at radius 1 is 0.875 bits per heavy atom. The van der Waals surface area contributed by atoms with Crippen LogP contribution >= 0.6 is 23.2 Å². The zero-order valence-corrected chi connectivity index (χ0v) is 9.55. The summed E-state index contributed by atoms with van der Waals surface area (Å²) in [5.74, 6) is 1.32. The first-order chi connectivity index (χ1) is 7.74. The van der Waals surface area contributed by atoms with Gasteiger partial charge in [-0.1, -0.05) is 23.2 Å². The normalized spacial score (nSPS) is 14.1. The molecule has 0 saturated carbocycles. The van der Waals surface area contributed by atoms with Gasteiger partial charge >= 0.3 is 0 Å². The van der Waals surface area contributed by atoms with E-state index in [0.29, 0.717) is 35.7 Å². The standard InChI is InChI=1S/C10H6Cl2N2O2/c11-9-10(12)14-6-4-8-7(3-5(6)13-9)15-1-2-16-8/h3-4H,1-2H2. The molecule has 1 aromatic heterocycles. The topological polar surface area (TPSA) is 44.2 Å². The minimum atomic E-state index is 0.186. The van der Waals surface area contributed by atoms with Gasteiger partial charge < -0.3 is 9.47 Å². The maximum Gasteiger partial charge on any atom is 0.167 e. The highest BCUT2D eigenvalue weighted by atomic mass is 35.5. The van der Waals surface area contributed by atoms with Crippen LogP contribution in [0.1, 0.15) is 0 Å². The highest BCUT2D eigenvalue weighted by Gasteiger charge is 2.14. The average molecular weight is 257 g/mol. The fourth-order valence-corrected chi connectivity index (χ4v) is 1.82. The first-order valence-corrected chi connectivity index (χ1v) is 5.42. The smallest absolute Gasteiger partial charge is 0.167 e. The second-order valence-electron chi connectivity index (χ2n) is 3.29. The Bertz CT molecular complexity index is 524. The summed E-state index contributed by atoms with van der Waals surface area (Å²) >= 11 is 11.6. The Labute approximate surface area is 101 Å². The molecule has 0 amide bonds. The molecule has 1 aliphatic rings. The van der Waals surface area contributed by atoms with E-state index in [-0.39, 0.29) is 10.3 Å². The van der Waals surface area contributed by atoms with E-state index in [1.807, 2.05) is 0 Å². The van der Waals surface area contributed by atoms with Crippen LogP contribution in [0, 0.1) is 0 Å². The van der Waals surface area contributed by atoms with Gasteiger partial charge in [-0.15, -0.1) is 0 Å². The van der Waals surface area contributed by atoms with E-state index in [2.05, 4.69) is 9.97 Å². The van der Waals surface area contributed by atoms with Gasteiger partial charge in [-0.2, -0.15) is 0 Å². The molecular formula is C10H6Cl2N2O2. The fourth-order valence-electron chi connectivity index (χ4n) is 1.55. The number of halogens is 2. The molecule has 2 heterocycles. The van der Waals surface area contributed by atoms with Crippen LogP contribution in [0.15, 0.2) is 12.1 Å². The lowest BCUT2D eigenvalue weighted by Crippen LogP contribution is -2.15. The van der Waals surface area contributed by atoms with Crippen molar-refractivity contribution in [3.8, 4) is 11.5 Å². The molecule has 0 N–H and O–H groups in total. The summed E-state index contributed by atoms with van der Waals surface area (Å²) in [5, 5.41) is 0.372. The summed E-state index contributed by atoms with van der Waals surface area (Å²) in [6.45, 7) is 1.07. The molecule has 3 rings (SSSR count). The van der Waals surface area contributed by atoms with Crippen molar-refractivity contribution in [2.45, 2.75) is 0 Å². The third-order valence-electron chi connectivity index (χ3n) is 2.25. The van der Waals surface area contributed by atoms with Crippen molar-refractivity contribution in [1.82, 2.24) is 9.97 Å². The molecule has 1 aromatic carbocycles. The second kappa shape index (κ2) is 3.64. The molecule has 16 heavy (non-hydrogen) atoms. The van der Waals surface area contributed by atoms with Gasteiger partial charge in [0.25, 0.3) is 0 Å². The molecule has 82 valence electrons. The number of hydrogen-bond acceptors (Lipinski definition) is 4. The third-order valence-corrected chi connectivity index (χ3v) is 2.87. The summed E-state index contributed by atoms with van der Waals surface area (Å²) in [6, 6.07) is 3.50. The van der Waals surface area contributed by atoms with E-state index in [4.69, 9.17) is 32.7 Å². The van der Waals surface area contributed by atoms with Gasteiger partial charge in [-0.25, -0.2) is 9.97 Å². The molecule has 0 spiro atoms. The number of fused-ring (bicyclic) bond motifs is 2. The predicted molar refractivity (Wildman–Crippen MR) is 60.5 cm³/mol. The first kappa shape index (κ1) is 9.93. The zero-order valence-electron chi connectivity index (χ0n) is 8.04. The van der Waals surface area contributed by atoms with Crippen LogP contribution in [0.25, 0.3) is 11.0 Å². The van der Waals surface area contributed by atoms with Crippen LogP contribution in [0.4, 0.5) is 0 Å². The van der Waals surface area contributed by atoms with E-state index >= 15 is 0 Å². The fraction of sp³-hybridized carbons (Fsp3) is 0.200. The van der Waals surface area contributed by atoms with Crippen molar-refractivity contribution in [3.05, 3.63) is 22.4 Å². The quantitative estimate of drug-likeness (QED) is 0.727. The van der Waals surface area contributed by atoms with Crippen molar-refractivity contribution in [2.75, 3.05) is 13.2 Å². The third kappa shape index (κ3) is 1.54. The number of hydrogen-bond donors (Lipinski definition) is 0. The summed E-state index contributed by atoms with van der Waals surface area (Å²) < 4.78 is 10.9. The Hall–Kier alpha value is -1.26. The Morgan fingerprint density at radius 3 is 1.75 bits per heavy atom. The van der Waals surface area contributed by atoms with Crippen LogP contribution < -0.4 is 9.47 Å². The maximum atomic E-state index is 5.79. The van der Waals surface area contributed by atoms with Gasteiger partial charge in [0.15, 0.2) is 21.8 Å². The SMILES string of the molecule is Clc1nc2cc3c(cc2nc1Cl)OCCO3. The van der Waals surface area contributed by atoms with Gasteiger partial charge in [-0.3, -0.25) is 0 Å². The van der Waals surface area contributed by atoms with Crippen LogP contribution in [0.5, 0.6) is 11.5 Å². The average Bonchev–Trinajstić information content (AvgIpc) is 2.28. The van der Waals surface area contributed by atoms with Gasteiger partial charge in [0.05, 0.1) is 11.0 Å². The van der Waals surface area contributed by atoms with E-state index in [9.17, 15) is 0 Å². The van der Waals surface area contributed by atoms with Crippen LogP contribution in [-0.4, -0.2) is 23.2 Å². The molecule has 1 aliphatic heterocycles. The summed E-state index contributed by atoms with van der Waals surface area (Å²) in [7, 11) is 0. The van der Waals surface area contributed by atoms with E-state index in [1.165, 1.54) is 0 Å². The lowest BCUT2D eigenvalue weighted by molar-refractivity contribution is 0.172. The molecule has 0 atom stereocenters. The number of benzene rings is 1. The summed E-state index contributed by atoms with van der Waals surface area (Å²) in [5.41, 5.74) is 1.28. The Morgan fingerprint density at radius 2 is 1.31 bits per heavy atom. The highest BCUT2D eigenvalue weighted by Crippen LogP contribution is 2.34. The van der Waals surface area contributed by atoms with Crippen LogP contribution in [0.3, 0.4) is 0 Å². The Balaban J connectivity index is 2.27. The van der Waals surface area contributed by atoms with Crippen LogP contribution in [-0.2, 0) is 0 Å². The minimum Gasteiger partial charge on any atom is -0.486 e. The van der Waals surface area contributed by atoms with Gasteiger partial charge in [-0.05, 0) is 0 Å². The monoisotopic (exact) mass is 256 g/mol. The second-order valence-corrected chi connectivity index (χ2v) is 4.01. The minimum absolute atomic E-state index is 0.186. The molecule has 0 unspecified atom stereocenters. The Kier molecular flexibility index (Phi) is 2.26. The van der Waals surface area contributed by atoms with Gasteiger partial charge in [0.1, 0.15) is 13.2 Å². The molecule has 6 heteroatoms. The highest BCUT2D eigenvalue weighted by molar-refractivity contribution is 6.40. The number of nitrogens with zero attached hydrogens (tertiary/aromatic N) is 2. The van der Waals surface area contributed by atoms with Crippen molar-refractivity contribution < 1.29 is 9.47 Å².